The SMILES string of the molecule is CCC(C)=C/C=C(\C=C(/C)Nc1cc2cc(/C(=C/N)N(C)N)nc(N)c2cn1)C(N)CC(F)(F)F. The predicted octanol–water partition coefficient (Wildman–Crippen LogP) is 4.15. The second-order valence-electron chi connectivity index (χ2n) is 8.26. The van der Waals surface area contributed by atoms with Crippen molar-refractivity contribution in [1.82, 2.24) is 15.0 Å². The van der Waals surface area contributed by atoms with Gasteiger partial charge in [-0.3, -0.25) is 0 Å². The van der Waals surface area contributed by atoms with Gasteiger partial charge >= 0.3 is 6.18 Å². The lowest BCUT2D eigenvalue weighted by atomic mass is 10.0. The molecule has 0 radical (unpaired) electrons. The van der Waals surface area contributed by atoms with Crippen LogP contribution < -0.4 is 28.4 Å². The number of nitrogen functional groups attached to an aromatic ring is 1. The molecule has 0 aromatic carbocycles. The summed E-state index contributed by atoms with van der Waals surface area (Å²) in [5.74, 6) is 6.53. The summed E-state index contributed by atoms with van der Waals surface area (Å²) in [5, 5.41) is 5.79. The number of allylic oxidation sites excluding steroid dienone is 4. The van der Waals surface area contributed by atoms with Crippen molar-refractivity contribution in [3.8, 4) is 0 Å². The highest BCUT2D eigenvalue weighted by Gasteiger charge is 2.31. The van der Waals surface area contributed by atoms with Crippen LogP contribution in [-0.4, -0.2) is 34.2 Å². The Bertz CT molecular complexity index is 1160. The van der Waals surface area contributed by atoms with Crippen LogP contribution in [0.25, 0.3) is 16.5 Å². The molecule has 2 rings (SSSR count). The van der Waals surface area contributed by atoms with Gasteiger partial charge in [-0.2, -0.15) is 13.2 Å². The third-order valence-electron chi connectivity index (χ3n) is 5.25. The van der Waals surface area contributed by atoms with Gasteiger partial charge in [-0.15, -0.1) is 0 Å². The van der Waals surface area contributed by atoms with Gasteiger partial charge in [0.05, 0.1) is 17.8 Å². The molecule has 2 heterocycles. The Balaban J connectivity index is 2.42. The van der Waals surface area contributed by atoms with Crippen molar-refractivity contribution in [3.05, 3.63) is 65.3 Å². The zero-order valence-electron chi connectivity index (χ0n) is 20.3. The summed E-state index contributed by atoms with van der Waals surface area (Å²) in [5.41, 5.74) is 20.5. The van der Waals surface area contributed by atoms with Crippen LogP contribution in [0.1, 0.15) is 39.3 Å². The van der Waals surface area contributed by atoms with Gasteiger partial charge in [0.1, 0.15) is 11.6 Å². The molecule has 0 spiro atoms. The van der Waals surface area contributed by atoms with E-state index in [1.807, 2.05) is 13.8 Å². The van der Waals surface area contributed by atoms with E-state index in [4.69, 9.17) is 23.0 Å². The molecular weight excluding hydrogens is 457 g/mol. The van der Waals surface area contributed by atoms with Gasteiger partial charge in [-0.1, -0.05) is 24.6 Å². The number of halogens is 3. The number of hydrogen-bond acceptors (Lipinski definition) is 8. The largest absolute Gasteiger partial charge is 0.403 e. The zero-order chi connectivity index (χ0) is 26.3. The maximum Gasteiger partial charge on any atom is 0.390 e. The molecule has 0 aliphatic heterocycles. The molecule has 0 aliphatic rings. The highest BCUT2D eigenvalue weighted by atomic mass is 19.4. The first-order valence-corrected chi connectivity index (χ1v) is 11.0. The Morgan fingerprint density at radius 2 is 1.91 bits per heavy atom. The van der Waals surface area contributed by atoms with Crippen molar-refractivity contribution >= 4 is 28.1 Å². The third kappa shape index (κ3) is 8.01. The second kappa shape index (κ2) is 11.7. The van der Waals surface area contributed by atoms with E-state index in [-0.39, 0.29) is 5.82 Å². The van der Waals surface area contributed by atoms with E-state index in [0.29, 0.717) is 33.9 Å². The van der Waals surface area contributed by atoms with E-state index in [0.717, 1.165) is 17.4 Å². The number of anilines is 2. The standard InChI is InChI=1S/C24H33F3N8/c1-5-14(2)6-7-16(19(29)11-24(25,26)27)8-15(3)33-22-10-17-9-20(21(12-28)35(4)31)34-23(30)18(17)13-32-22/h6-10,12-13,19H,5,11,28-29,31H2,1-4H3,(H2,30,34)(H,32,33)/b14-6?,15-8+,16-7+,21-12-. The quantitative estimate of drug-likeness (QED) is 0.200. The Labute approximate surface area is 203 Å². The van der Waals surface area contributed by atoms with Crippen molar-refractivity contribution in [2.24, 2.45) is 17.3 Å². The number of fused-ring (bicyclic) bond motifs is 1. The molecule has 2 aromatic heterocycles. The second-order valence-corrected chi connectivity index (χ2v) is 8.26. The monoisotopic (exact) mass is 490 g/mol. The predicted molar refractivity (Wildman–Crippen MR) is 136 cm³/mol. The number of rotatable bonds is 9. The number of aromatic nitrogens is 2. The normalized spacial score (nSPS) is 14.9. The summed E-state index contributed by atoms with van der Waals surface area (Å²) in [6.07, 6.45) is 3.15. The van der Waals surface area contributed by atoms with Gasteiger partial charge < -0.3 is 27.5 Å². The summed E-state index contributed by atoms with van der Waals surface area (Å²) >= 11 is 0. The zero-order valence-corrected chi connectivity index (χ0v) is 20.3. The van der Waals surface area contributed by atoms with Crippen molar-refractivity contribution in [2.75, 3.05) is 18.1 Å². The Kier molecular flexibility index (Phi) is 9.26. The minimum atomic E-state index is -4.38. The molecule has 2 aromatic rings. The van der Waals surface area contributed by atoms with Gasteiger partial charge in [0.25, 0.3) is 0 Å². The average Bonchev–Trinajstić information content (AvgIpc) is 2.75. The van der Waals surface area contributed by atoms with E-state index in [1.165, 1.54) is 11.2 Å². The molecule has 1 unspecified atom stereocenters. The summed E-state index contributed by atoms with van der Waals surface area (Å²) in [6.45, 7) is 5.59. The van der Waals surface area contributed by atoms with Gasteiger partial charge in [0.15, 0.2) is 0 Å². The number of nitrogens with zero attached hydrogens (tertiary/aromatic N) is 3. The molecule has 190 valence electrons. The van der Waals surface area contributed by atoms with Gasteiger partial charge in [0, 0.05) is 36.6 Å². The van der Waals surface area contributed by atoms with Crippen LogP contribution in [0.4, 0.5) is 24.8 Å². The molecule has 0 saturated carbocycles. The van der Waals surface area contributed by atoms with Crippen LogP contribution in [0.3, 0.4) is 0 Å². The highest BCUT2D eigenvalue weighted by Crippen LogP contribution is 2.27. The first-order chi connectivity index (χ1) is 16.3. The van der Waals surface area contributed by atoms with Crippen LogP contribution in [0.2, 0.25) is 0 Å². The van der Waals surface area contributed by atoms with E-state index < -0.39 is 18.6 Å². The molecule has 0 amide bonds. The van der Waals surface area contributed by atoms with E-state index in [1.54, 1.807) is 50.5 Å². The van der Waals surface area contributed by atoms with Gasteiger partial charge in [0.2, 0.25) is 0 Å². The number of hydrogen-bond donors (Lipinski definition) is 5. The molecule has 0 bridgehead atoms. The molecule has 9 N–H and O–H groups in total. The van der Waals surface area contributed by atoms with Crippen LogP contribution in [-0.2, 0) is 0 Å². The lowest BCUT2D eigenvalue weighted by Crippen LogP contribution is -2.29. The molecule has 0 aliphatic carbocycles. The number of nitrogens with one attached hydrogen (secondary N) is 1. The minimum absolute atomic E-state index is 0.256. The third-order valence-corrected chi connectivity index (χ3v) is 5.25. The fraction of sp³-hybridized carbons (Fsp3) is 0.333. The Hall–Kier alpha value is -3.57. The highest BCUT2D eigenvalue weighted by molar-refractivity contribution is 5.93. The van der Waals surface area contributed by atoms with Gasteiger partial charge in [-0.05, 0) is 49.4 Å². The van der Waals surface area contributed by atoms with Crippen LogP contribution in [0, 0.1) is 0 Å². The smallest absolute Gasteiger partial charge is 0.390 e. The summed E-state index contributed by atoms with van der Waals surface area (Å²) < 4.78 is 38.9. The van der Waals surface area contributed by atoms with Crippen LogP contribution in [0.15, 0.2) is 59.6 Å². The van der Waals surface area contributed by atoms with E-state index in [9.17, 15) is 13.2 Å². The van der Waals surface area contributed by atoms with Crippen molar-refractivity contribution in [2.45, 2.75) is 45.8 Å². The molecule has 0 fully saturated rings. The summed E-state index contributed by atoms with van der Waals surface area (Å²) in [7, 11) is 1.63. The number of pyridine rings is 2. The molecule has 35 heavy (non-hydrogen) atoms. The minimum Gasteiger partial charge on any atom is -0.403 e. The first kappa shape index (κ1) is 27.7. The fourth-order valence-electron chi connectivity index (χ4n) is 3.25. The molecular formula is C24H33F3N8. The maximum absolute atomic E-state index is 13.0. The Morgan fingerprint density at radius 1 is 1.23 bits per heavy atom. The molecule has 11 heteroatoms. The topological polar surface area (TPSA) is 145 Å². The lowest BCUT2D eigenvalue weighted by molar-refractivity contribution is -0.136. The van der Waals surface area contributed by atoms with Gasteiger partial charge in [-0.25, -0.2) is 15.8 Å². The first-order valence-electron chi connectivity index (χ1n) is 11.0. The molecule has 1 atom stereocenters. The average molecular weight is 491 g/mol. The van der Waals surface area contributed by atoms with Crippen LogP contribution >= 0.6 is 0 Å². The van der Waals surface area contributed by atoms with Crippen molar-refractivity contribution in [3.63, 3.8) is 0 Å². The fourth-order valence-corrected chi connectivity index (χ4v) is 3.25. The van der Waals surface area contributed by atoms with Crippen molar-refractivity contribution in [1.29, 1.82) is 0 Å². The van der Waals surface area contributed by atoms with E-state index >= 15 is 0 Å². The molecule has 8 nitrogen and oxygen atoms in total. The van der Waals surface area contributed by atoms with E-state index in [2.05, 4.69) is 15.3 Å². The number of nitrogens with two attached hydrogens (primary N) is 4. The molecule has 0 saturated heterocycles. The lowest BCUT2D eigenvalue weighted by Gasteiger charge is -2.17. The number of hydrazine groups is 1. The summed E-state index contributed by atoms with van der Waals surface area (Å²) in [6, 6.07) is 2.31. The van der Waals surface area contributed by atoms with Crippen molar-refractivity contribution < 1.29 is 13.2 Å². The Morgan fingerprint density at radius 3 is 2.49 bits per heavy atom. The number of alkyl halides is 3. The maximum atomic E-state index is 13.0. The van der Waals surface area contributed by atoms with Crippen LogP contribution in [0.5, 0.6) is 0 Å². The summed E-state index contributed by atoms with van der Waals surface area (Å²) in [4.78, 5) is 8.68.